The zero-order chi connectivity index (χ0) is 8.27. The molecule has 0 saturated heterocycles. The number of nitrogens with two attached hydrogens (primary N) is 1. The summed E-state index contributed by atoms with van der Waals surface area (Å²) in [6.45, 7) is 0.102. The Kier molecular flexibility index (Phi) is 5.06. The second-order valence-corrected chi connectivity index (χ2v) is 2.69. The summed E-state index contributed by atoms with van der Waals surface area (Å²) in [5, 5.41) is 9.19. The molecule has 0 fully saturated rings. The molecule has 1 rings (SSSR count). The zero-order valence-electron chi connectivity index (χ0n) is 6.46. The highest BCUT2D eigenvalue weighted by Gasteiger charge is 2.00. The molecule has 0 spiro atoms. The third-order valence-corrected chi connectivity index (χ3v) is 1.85. The van der Waals surface area contributed by atoms with E-state index < -0.39 is 0 Å². The molecule has 3 N–H and O–H groups in total. The largest absolute Gasteiger partial charge is 0.397 e. The van der Waals surface area contributed by atoms with Gasteiger partial charge in [-0.2, -0.15) is 0 Å². The average Bonchev–Trinajstić information content (AvgIpc) is 1.99. The van der Waals surface area contributed by atoms with Crippen molar-refractivity contribution in [1.29, 1.82) is 0 Å². The van der Waals surface area contributed by atoms with Crippen LogP contribution >= 0.6 is 24.0 Å². The van der Waals surface area contributed by atoms with Gasteiger partial charge in [0.15, 0.2) is 0 Å². The van der Waals surface area contributed by atoms with Crippen LogP contribution in [0.1, 0.15) is 5.56 Å². The van der Waals surface area contributed by atoms with Crippen LogP contribution in [0, 0.1) is 0 Å². The van der Waals surface area contributed by atoms with Crippen LogP contribution < -0.4 is 5.73 Å². The fourth-order valence-corrected chi connectivity index (χ4v) is 1.11. The summed E-state index contributed by atoms with van der Waals surface area (Å²) in [7, 11) is 0. The Labute approximate surface area is 82.8 Å². The Balaban J connectivity index is 0.00000121. The number of para-hydroxylation sites is 1. The summed E-state index contributed by atoms with van der Waals surface area (Å²) < 4.78 is 0. The van der Waals surface area contributed by atoms with Crippen LogP contribution in [0.15, 0.2) is 18.2 Å². The molecule has 0 unspecified atom stereocenters. The van der Waals surface area contributed by atoms with E-state index in [-0.39, 0.29) is 19.0 Å². The van der Waals surface area contributed by atoms with Crippen LogP contribution in [-0.4, -0.2) is 11.7 Å². The van der Waals surface area contributed by atoms with Crippen molar-refractivity contribution in [1.82, 2.24) is 0 Å². The van der Waals surface area contributed by atoms with E-state index in [0.717, 1.165) is 5.56 Å². The SMILES string of the molecule is Cl.Nc1c(Cl)cccc1CCO. The molecule has 1 aromatic carbocycles. The highest BCUT2D eigenvalue weighted by molar-refractivity contribution is 6.33. The van der Waals surface area contributed by atoms with E-state index in [2.05, 4.69) is 0 Å². The smallest absolute Gasteiger partial charge is 0.0638 e. The lowest BCUT2D eigenvalue weighted by atomic mass is 10.1. The first kappa shape index (κ1) is 11.6. The predicted molar refractivity (Wildman–Crippen MR) is 53.9 cm³/mol. The number of anilines is 1. The summed E-state index contributed by atoms with van der Waals surface area (Å²) in [4.78, 5) is 0. The van der Waals surface area contributed by atoms with Gasteiger partial charge < -0.3 is 10.8 Å². The molecule has 0 saturated carbocycles. The summed E-state index contributed by atoms with van der Waals surface area (Å²) in [6.07, 6.45) is 0.562. The minimum absolute atomic E-state index is 0. The van der Waals surface area contributed by atoms with E-state index in [1.165, 1.54) is 0 Å². The number of hydrogen-bond donors (Lipinski definition) is 2. The van der Waals surface area contributed by atoms with Gasteiger partial charge in [0, 0.05) is 6.61 Å². The highest BCUT2D eigenvalue weighted by Crippen LogP contribution is 2.22. The number of aliphatic hydroxyl groups excluding tert-OH is 1. The topological polar surface area (TPSA) is 46.2 Å². The Hall–Kier alpha value is -0.440. The fourth-order valence-electron chi connectivity index (χ4n) is 0.920. The zero-order valence-corrected chi connectivity index (χ0v) is 8.03. The summed E-state index contributed by atoms with van der Waals surface area (Å²) >= 11 is 5.74. The number of nitrogen functional groups attached to an aromatic ring is 1. The van der Waals surface area contributed by atoms with E-state index in [1.54, 1.807) is 6.07 Å². The van der Waals surface area contributed by atoms with Crippen molar-refractivity contribution in [2.24, 2.45) is 0 Å². The summed E-state index contributed by atoms with van der Waals surface area (Å²) in [5.74, 6) is 0. The van der Waals surface area contributed by atoms with Gasteiger partial charge in [0.2, 0.25) is 0 Å². The minimum atomic E-state index is 0. The van der Waals surface area contributed by atoms with Gasteiger partial charge in [-0.1, -0.05) is 23.7 Å². The number of hydrogen-bond acceptors (Lipinski definition) is 2. The molecule has 0 aliphatic carbocycles. The number of aliphatic hydroxyl groups is 1. The molecule has 0 aliphatic heterocycles. The molecule has 0 amide bonds. The van der Waals surface area contributed by atoms with Crippen molar-refractivity contribution < 1.29 is 5.11 Å². The number of benzene rings is 1. The molecule has 4 heteroatoms. The van der Waals surface area contributed by atoms with Crippen molar-refractivity contribution in [2.45, 2.75) is 6.42 Å². The predicted octanol–water partition coefficient (Wildman–Crippen LogP) is 1.88. The third-order valence-electron chi connectivity index (χ3n) is 1.52. The van der Waals surface area contributed by atoms with Crippen LogP contribution in [0.3, 0.4) is 0 Å². The first-order valence-electron chi connectivity index (χ1n) is 3.39. The van der Waals surface area contributed by atoms with Crippen LogP contribution in [0.2, 0.25) is 5.02 Å². The van der Waals surface area contributed by atoms with Gasteiger partial charge >= 0.3 is 0 Å². The van der Waals surface area contributed by atoms with Gasteiger partial charge in [0.05, 0.1) is 10.7 Å². The quantitative estimate of drug-likeness (QED) is 0.729. The van der Waals surface area contributed by atoms with E-state index in [0.29, 0.717) is 17.1 Å². The van der Waals surface area contributed by atoms with E-state index in [9.17, 15) is 0 Å². The molecular weight excluding hydrogens is 197 g/mol. The van der Waals surface area contributed by atoms with Crippen molar-refractivity contribution in [2.75, 3.05) is 12.3 Å². The van der Waals surface area contributed by atoms with Crippen molar-refractivity contribution in [3.8, 4) is 0 Å². The molecule has 1 aromatic rings. The van der Waals surface area contributed by atoms with Crippen molar-refractivity contribution >= 4 is 29.7 Å². The normalized spacial score (nSPS) is 9.17. The minimum Gasteiger partial charge on any atom is -0.397 e. The van der Waals surface area contributed by atoms with Crippen LogP contribution in [0.4, 0.5) is 5.69 Å². The molecular formula is C8H11Cl2NO. The molecule has 68 valence electrons. The Bertz CT molecular complexity index is 253. The maximum absolute atomic E-state index is 8.64. The maximum atomic E-state index is 8.64. The Morgan fingerprint density at radius 3 is 2.67 bits per heavy atom. The van der Waals surface area contributed by atoms with E-state index in [1.807, 2.05) is 12.1 Å². The Morgan fingerprint density at radius 1 is 1.42 bits per heavy atom. The van der Waals surface area contributed by atoms with Crippen LogP contribution in [-0.2, 0) is 6.42 Å². The fraction of sp³-hybridized carbons (Fsp3) is 0.250. The first-order chi connectivity index (χ1) is 5.25. The molecule has 2 nitrogen and oxygen atoms in total. The van der Waals surface area contributed by atoms with Gasteiger partial charge in [-0.3, -0.25) is 0 Å². The standard InChI is InChI=1S/C8H10ClNO.ClH/c9-7-3-1-2-6(4-5-11)8(7)10;/h1-3,11H,4-5,10H2;1H. The van der Waals surface area contributed by atoms with Gasteiger partial charge in [0.25, 0.3) is 0 Å². The lowest BCUT2D eigenvalue weighted by molar-refractivity contribution is 0.300. The van der Waals surface area contributed by atoms with Crippen molar-refractivity contribution in [3.05, 3.63) is 28.8 Å². The second kappa shape index (κ2) is 5.25. The third kappa shape index (κ3) is 2.55. The molecule has 0 bridgehead atoms. The second-order valence-electron chi connectivity index (χ2n) is 2.29. The van der Waals surface area contributed by atoms with Gasteiger partial charge in [0.1, 0.15) is 0 Å². The van der Waals surface area contributed by atoms with Crippen LogP contribution in [0.25, 0.3) is 0 Å². The lowest BCUT2D eigenvalue weighted by Crippen LogP contribution is -1.97. The maximum Gasteiger partial charge on any atom is 0.0638 e. The molecule has 12 heavy (non-hydrogen) atoms. The average molecular weight is 208 g/mol. The highest BCUT2D eigenvalue weighted by atomic mass is 35.5. The number of rotatable bonds is 2. The van der Waals surface area contributed by atoms with Gasteiger partial charge in [-0.15, -0.1) is 12.4 Å². The summed E-state index contributed by atoms with van der Waals surface area (Å²) in [5.41, 5.74) is 7.10. The Morgan fingerprint density at radius 2 is 2.08 bits per heavy atom. The molecule has 0 radical (unpaired) electrons. The molecule has 0 atom stereocenters. The van der Waals surface area contributed by atoms with Gasteiger partial charge in [-0.25, -0.2) is 0 Å². The van der Waals surface area contributed by atoms with Gasteiger partial charge in [-0.05, 0) is 18.1 Å². The van der Waals surface area contributed by atoms with Crippen molar-refractivity contribution in [3.63, 3.8) is 0 Å². The monoisotopic (exact) mass is 207 g/mol. The first-order valence-corrected chi connectivity index (χ1v) is 3.77. The van der Waals surface area contributed by atoms with E-state index >= 15 is 0 Å². The van der Waals surface area contributed by atoms with E-state index in [4.69, 9.17) is 22.4 Å². The van der Waals surface area contributed by atoms with Crippen LogP contribution in [0.5, 0.6) is 0 Å². The molecule has 0 heterocycles. The molecule has 0 aromatic heterocycles. The summed E-state index contributed by atoms with van der Waals surface area (Å²) in [6, 6.07) is 5.42. The molecule has 0 aliphatic rings. The lowest BCUT2D eigenvalue weighted by Gasteiger charge is -2.03. The number of halogens is 2.